The van der Waals surface area contributed by atoms with Crippen LogP contribution in [0.3, 0.4) is 0 Å². The summed E-state index contributed by atoms with van der Waals surface area (Å²) in [7, 11) is 0. The van der Waals surface area contributed by atoms with Gasteiger partial charge in [0.15, 0.2) is 5.82 Å². The Balaban J connectivity index is 1.11. The third kappa shape index (κ3) is 5.39. The van der Waals surface area contributed by atoms with Crippen molar-refractivity contribution in [2.75, 3.05) is 0 Å². The van der Waals surface area contributed by atoms with E-state index in [2.05, 4.69) is 162 Å². The second-order valence-corrected chi connectivity index (χ2v) is 14.2. The first kappa shape index (κ1) is 31.9. The van der Waals surface area contributed by atoms with Gasteiger partial charge in [0, 0.05) is 50.0 Å². The molecule has 4 heteroatoms. The van der Waals surface area contributed by atoms with Gasteiger partial charge in [-0.3, -0.25) is 0 Å². The standard InChI is InChI=1S/C52H33N3O/c1-5-14-34(15-6-1)38-25-29-47-44(30-38)41-27-24-39(35-16-7-2-8-17-35)31-48(41)55(47)40-26-28-43-50(32-40)56-49-23-13-22-42(51(43)49)46-33-45(36-18-9-3-10-19-36)53-52(54-46)37-20-11-4-12-21-37/h1-33H. The van der Waals surface area contributed by atoms with Gasteiger partial charge in [0.2, 0.25) is 0 Å². The predicted molar refractivity (Wildman–Crippen MR) is 231 cm³/mol. The van der Waals surface area contributed by atoms with Crippen LogP contribution in [0.4, 0.5) is 0 Å². The van der Waals surface area contributed by atoms with Crippen LogP contribution in [0.15, 0.2) is 205 Å². The quantitative estimate of drug-likeness (QED) is 0.172. The summed E-state index contributed by atoms with van der Waals surface area (Å²) in [6.45, 7) is 0. The van der Waals surface area contributed by atoms with Gasteiger partial charge in [0.1, 0.15) is 11.2 Å². The molecule has 56 heavy (non-hydrogen) atoms. The molecule has 0 amide bonds. The summed E-state index contributed by atoms with van der Waals surface area (Å²) in [6, 6.07) is 70.2. The topological polar surface area (TPSA) is 43.9 Å². The molecule has 0 radical (unpaired) electrons. The molecule has 8 aromatic carbocycles. The Labute approximate surface area is 323 Å². The van der Waals surface area contributed by atoms with Crippen LogP contribution < -0.4 is 0 Å². The molecule has 11 aromatic rings. The van der Waals surface area contributed by atoms with Gasteiger partial charge in [-0.25, -0.2) is 9.97 Å². The lowest BCUT2D eigenvalue weighted by Gasteiger charge is -2.11. The Kier molecular flexibility index (Phi) is 7.46. The summed E-state index contributed by atoms with van der Waals surface area (Å²) < 4.78 is 9.10. The number of benzene rings is 8. The lowest BCUT2D eigenvalue weighted by atomic mass is 10.0. The predicted octanol–water partition coefficient (Wildman–Crippen LogP) is 13.8. The Morgan fingerprint density at radius 3 is 1.68 bits per heavy atom. The highest BCUT2D eigenvalue weighted by Crippen LogP contribution is 2.41. The van der Waals surface area contributed by atoms with Gasteiger partial charge in [0.05, 0.1) is 22.4 Å². The molecule has 0 bridgehead atoms. The molecule has 262 valence electrons. The average molecular weight is 716 g/mol. The molecule has 0 aliphatic heterocycles. The molecule has 3 heterocycles. The van der Waals surface area contributed by atoms with Gasteiger partial charge in [0.25, 0.3) is 0 Å². The Hall–Kier alpha value is -7.56. The maximum atomic E-state index is 6.72. The average Bonchev–Trinajstić information content (AvgIpc) is 3.82. The fraction of sp³-hybridized carbons (Fsp3) is 0. The van der Waals surface area contributed by atoms with E-state index in [0.717, 1.165) is 66.7 Å². The van der Waals surface area contributed by atoms with Crippen LogP contribution in [0.1, 0.15) is 0 Å². The highest BCUT2D eigenvalue weighted by Gasteiger charge is 2.19. The summed E-state index contributed by atoms with van der Waals surface area (Å²) in [6.07, 6.45) is 0. The molecule has 0 fully saturated rings. The van der Waals surface area contributed by atoms with Crippen molar-refractivity contribution >= 4 is 43.7 Å². The molecular weight excluding hydrogens is 683 g/mol. The molecule has 4 nitrogen and oxygen atoms in total. The molecule has 11 rings (SSSR count). The first-order chi connectivity index (χ1) is 27.7. The van der Waals surface area contributed by atoms with E-state index in [0.29, 0.717) is 5.82 Å². The fourth-order valence-corrected chi connectivity index (χ4v) is 8.14. The van der Waals surface area contributed by atoms with E-state index < -0.39 is 0 Å². The third-order valence-corrected chi connectivity index (χ3v) is 10.8. The maximum absolute atomic E-state index is 6.72. The number of nitrogens with zero attached hydrogens (tertiary/aromatic N) is 3. The lowest BCUT2D eigenvalue weighted by molar-refractivity contribution is 0.668. The minimum absolute atomic E-state index is 0.686. The van der Waals surface area contributed by atoms with Gasteiger partial charge in [-0.05, 0) is 64.7 Å². The van der Waals surface area contributed by atoms with Crippen molar-refractivity contribution in [2.45, 2.75) is 0 Å². The number of furan rings is 1. The number of fused-ring (bicyclic) bond motifs is 6. The Morgan fingerprint density at radius 2 is 0.964 bits per heavy atom. The van der Waals surface area contributed by atoms with E-state index in [1.54, 1.807) is 0 Å². The highest BCUT2D eigenvalue weighted by atomic mass is 16.3. The van der Waals surface area contributed by atoms with E-state index in [-0.39, 0.29) is 0 Å². The van der Waals surface area contributed by atoms with Crippen LogP contribution in [0, 0.1) is 0 Å². The maximum Gasteiger partial charge on any atom is 0.160 e. The molecule has 0 N–H and O–H groups in total. The number of aromatic nitrogens is 3. The van der Waals surface area contributed by atoms with Crippen molar-refractivity contribution < 1.29 is 4.42 Å². The van der Waals surface area contributed by atoms with Crippen molar-refractivity contribution in [2.24, 2.45) is 0 Å². The van der Waals surface area contributed by atoms with Crippen molar-refractivity contribution in [1.29, 1.82) is 0 Å². The zero-order valence-electron chi connectivity index (χ0n) is 30.3. The zero-order valence-corrected chi connectivity index (χ0v) is 30.3. The van der Waals surface area contributed by atoms with E-state index in [4.69, 9.17) is 14.4 Å². The van der Waals surface area contributed by atoms with Gasteiger partial charge < -0.3 is 8.98 Å². The molecule has 0 aliphatic rings. The highest BCUT2D eigenvalue weighted by molar-refractivity contribution is 6.14. The van der Waals surface area contributed by atoms with Crippen LogP contribution in [0.25, 0.3) is 106 Å². The number of hydrogen-bond acceptors (Lipinski definition) is 3. The Bertz CT molecular complexity index is 3160. The molecule has 0 saturated heterocycles. The molecule has 0 spiro atoms. The first-order valence-electron chi connectivity index (χ1n) is 18.9. The summed E-state index contributed by atoms with van der Waals surface area (Å²) in [5.74, 6) is 0.686. The van der Waals surface area contributed by atoms with E-state index in [9.17, 15) is 0 Å². The lowest BCUT2D eigenvalue weighted by Crippen LogP contribution is -1.96. The summed E-state index contributed by atoms with van der Waals surface area (Å²) in [4.78, 5) is 10.2. The monoisotopic (exact) mass is 715 g/mol. The van der Waals surface area contributed by atoms with E-state index in [1.165, 1.54) is 33.0 Å². The van der Waals surface area contributed by atoms with Gasteiger partial charge >= 0.3 is 0 Å². The van der Waals surface area contributed by atoms with Crippen LogP contribution >= 0.6 is 0 Å². The molecule has 3 aromatic heterocycles. The molecule has 0 saturated carbocycles. The Morgan fingerprint density at radius 1 is 0.357 bits per heavy atom. The molecule has 0 aliphatic carbocycles. The zero-order chi connectivity index (χ0) is 37.0. The van der Waals surface area contributed by atoms with Crippen molar-refractivity contribution in [3.63, 3.8) is 0 Å². The van der Waals surface area contributed by atoms with E-state index >= 15 is 0 Å². The summed E-state index contributed by atoms with van der Waals surface area (Å²) >= 11 is 0. The van der Waals surface area contributed by atoms with Crippen molar-refractivity contribution in [3.05, 3.63) is 200 Å². The minimum Gasteiger partial charge on any atom is -0.456 e. The minimum atomic E-state index is 0.686. The van der Waals surface area contributed by atoms with Gasteiger partial charge in [-0.2, -0.15) is 0 Å². The van der Waals surface area contributed by atoms with Crippen LogP contribution in [-0.4, -0.2) is 14.5 Å². The third-order valence-electron chi connectivity index (χ3n) is 10.8. The van der Waals surface area contributed by atoms with Gasteiger partial charge in [-0.1, -0.05) is 152 Å². The fourth-order valence-electron chi connectivity index (χ4n) is 8.14. The van der Waals surface area contributed by atoms with Crippen molar-refractivity contribution in [3.8, 4) is 61.8 Å². The van der Waals surface area contributed by atoms with E-state index in [1.807, 2.05) is 42.5 Å². The first-order valence-corrected chi connectivity index (χ1v) is 18.9. The second kappa shape index (κ2) is 13.1. The smallest absolute Gasteiger partial charge is 0.160 e. The van der Waals surface area contributed by atoms with Crippen LogP contribution in [0.2, 0.25) is 0 Å². The summed E-state index contributed by atoms with van der Waals surface area (Å²) in [5, 5.41) is 4.49. The number of hydrogen-bond donors (Lipinski definition) is 0. The van der Waals surface area contributed by atoms with Crippen LogP contribution in [-0.2, 0) is 0 Å². The van der Waals surface area contributed by atoms with Crippen LogP contribution in [0.5, 0.6) is 0 Å². The SMILES string of the molecule is c1ccc(-c2ccc3c(c2)c2ccc(-c4ccccc4)cc2n3-c2ccc3c(c2)oc2cccc(-c4cc(-c5ccccc5)nc(-c5ccccc5)n4)c23)cc1. The molecule has 0 atom stereocenters. The largest absolute Gasteiger partial charge is 0.456 e. The molecular formula is C52H33N3O. The number of rotatable bonds is 6. The van der Waals surface area contributed by atoms with Crippen molar-refractivity contribution in [1.82, 2.24) is 14.5 Å². The normalized spacial score (nSPS) is 11.6. The van der Waals surface area contributed by atoms with Gasteiger partial charge in [-0.15, -0.1) is 0 Å². The summed E-state index contributed by atoms with van der Waals surface area (Å²) in [5.41, 5.74) is 14.5. The molecule has 0 unspecified atom stereocenters. The second-order valence-electron chi connectivity index (χ2n) is 14.2.